The maximum Gasteiger partial charge on any atom is 0.0492 e. The SMILES string of the molecule is Cn1nccc1CCNC(Cc1cccs1)c1cccs1. The van der Waals surface area contributed by atoms with Crippen molar-refractivity contribution in [2.24, 2.45) is 7.05 Å². The highest BCUT2D eigenvalue weighted by atomic mass is 32.1. The van der Waals surface area contributed by atoms with Crippen molar-refractivity contribution in [1.82, 2.24) is 15.1 Å². The first-order chi connectivity index (χ1) is 10.3. The van der Waals surface area contributed by atoms with Crippen molar-refractivity contribution in [2.75, 3.05) is 6.54 Å². The zero-order valence-electron chi connectivity index (χ0n) is 12.0. The molecule has 0 aliphatic heterocycles. The Hall–Kier alpha value is -1.43. The van der Waals surface area contributed by atoms with E-state index in [1.165, 1.54) is 15.4 Å². The minimum absolute atomic E-state index is 0.400. The summed E-state index contributed by atoms with van der Waals surface area (Å²) in [5, 5.41) is 12.2. The molecule has 1 unspecified atom stereocenters. The molecule has 0 fully saturated rings. The standard InChI is InChI=1S/C16H19N3S2/c1-19-13(7-9-18-19)6-8-17-15(16-5-3-11-21-16)12-14-4-2-10-20-14/h2-5,7,9-11,15,17H,6,8,12H2,1H3. The van der Waals surface area contributed by atoms with Gasteiger partial charge in [-0.15, -0.1) is 22.7 Å². The predicted molar refractivity (Wildman–Crippen MR) is 90.0 cm³/mol. The molecule has 0 aliphatic rings. The number of thiophene rings is 2. The first kappa shape index (κ1) is 14.5. The molecule has 21 heavy (non-hydrogen) atoms. The third-order valence-electron chi connectivity index (χ3n) is 3.57. The lowest BCUT2D eigenvalue weighted by Crippen LogP contribution is -2.25. The van der Waals surface area contributed by atoms with Gasteiger partial charge in [-0.05, 0) is 29.0 Å². The van der Waals surface area contributed by atoms with E-state index < -0.39 is 0 Å². The molecule has 5 heteroatoms. The number of nitrogens with one attached hydrogen (secondary N) is 1. The summed E-state index contributed by atoms with van der Waals surface area (Å²) < 4.78 is 1.95. The Labute approximate surface area is 133 Å². The number of rotatable bonds is 7. The molecule has 3 heterocycles. The van der Waals surface area contributed by atoms with Gasteiger partial charge in [-0.3, -0.25) is 4.68 Å². The minimum Gasteiger partial charge on any atom is -0.309 e. The third-order valence-corrected chi connectivity index (χ3v) is 5.45. The molecule has 0 spiro atoms. The average molecular weight is 317 g/mol. The highest BCUT2D eigenvalue weighted by Gasteiger charge is 2.13. The van der Waals surface area contributed by atoms with Crippen molar-refractivity contribution in [2.45, 2.75) is 18.9 Å². The zero-order valence-corrected chi connectivity index (χ0v) is 13.7. The van der Waals surface area contributed by atoms with Crippen LogP contribution in [0.25, 0.3) is 0 Å². The molecule has 0 aromatic carbocycles. The molecule has 0 saturated heterocycles. The first-order valence-electron chi connectivity index (χ1n) is 7.09. The Kier molecular flexibility index (Phi) is 4.85. The Morgan fingerprint density at radius 2 is 2.05 bits per heavy atom. The fraction of sp³-hybridized carbons (Fsp3) is 0.312. The van der Waals surface area contributed by atoms with Crippen molar-refractivity contribution in [3.05, 3.63) is 62.7 Å². The van der Waals surface area contributed by atoms with Gasteiger partial charge in [0.2, 0.25) is 0 Å². The van der Waals surface area contributed by atoms with Gasteiger partial charge in [0.1, 0.15) is 0 Å². The van der Waals surface area contributed by atoms with Gasteiger partial charge in [0.25, 0.3) is 0 Å². The van der Waals surface area contributed by atoms with E-state index in [1.54, 1.807) is 0 Å². The average Bonchev–Trinajstić information content (AvgIpc) is 3.20. The smallest absolute Gasteiger partial charge is 0.0492 e. The van der Waals surface area contributed by atoms with Gasteiger partial charge < -0.3 is 5.32 Å². The monoisotopic (exact) mass is 317 g/mol. The minimum atomic E-state index is 0.400. The summed E-state index contributed by atoms with van der Waals surface area (Å²) in [5.41, 5.74) is 1.27. The first-order valence-corrected chi connectivity index (χ1v) is 8.85. The van der Waals surface area contributed by atoms with E-state index in [9.17, 15) is 0 Å². The van der Waals surface area contributed by atoms with Crippen LogP contribution in [-0.2, 0) is 19.9 Å². The van der Waals surface area contributed by atoms with Crippen LogP contribution in [0.2, 0.25) is 0 Å². The van der Waals surface area contributed by atoms with Crippen LogP contribution in [0.5, 0.6) is 0 Å². The molecular weight excluding hydrogens is 298 g/mol. The fourth-order valence-corrected chi connectivity index (χ4v) is 3.97. The summed E-state index contributed by atoms with van der Waals surface area (Å²) in [6.07, 6.45) is 3.92. The molecule has 3 aromatic heterocycles. The summed E-state index contributed by atoms with van der Waals surface area (Å²) in [4.78, 5) is 2.84. The molecule has 3 rings (SSSR count). The van der Waals surface area contributed by atoms with Gasteiger partial charge in [-0.1, -0.05) is 12.1 Å². The second kappa shape index (κ2) is 7.02. The van der Waals surface area contributed by atoms with Crippen molar-refractivity contribution in [3.63, 3.8) is 0 Å². The number of hydrogen-bond donors (Lipinski definition) is 1. The van der Waals surface area contributed by atoms with E-state index in [-0.39, 0.29) is 0 Å². The van der Waals surface area contributed by atoms with Gasteiger partial charge >= 0.3 is 0 Å². The lowest BCUT2D eigenvalue weighted by Gasteiger charge is -2.17. The summed E-state index contributed by atoms with van der Waals surface area (Å²) in [5.74, 6) is 0. The Morgan fingerprint density at radius 3 is 2.71 bits per heavy atom. The third kappa shape index (κ3) is 3.81. The van der Waals surface area contributed by atoms with Crippen LogP contribution in [0.4, 0.5) is 0 Å². The van der Waals surface area contributed by atoms with Gasteiger partial charge in [0.05, 0.1) is 0 Å². The van der Waals surface area contributed by atoms with E-state index >= 15 is 0 Å². The van der Waals surface area contributed by atoms with Crippen LogP contribution in [-0.4, -0.2) is 16.3 Å². The molecule has 0 saturated carbocycles. The van der Waals surface area contributed by atoms with Crippen molar-refractivity contribution in [1.29, 1.82) is 0 Å². The Morgan fingerprint density at radius 1 is 1.19 bits per heavy atom. The highest BCUT2D eigenvalue weighted by Crippen LogP contribution is 2.24. The maximum atomic E-state index is 4.22. The van der Waals surface area contributed by atoms with E-state index in [0.29, 0.717) is 6.04 Å². The Balaban J connectivity index is 1.61. The van der Waals surface area contributed by atoms with E-state index in [1.807, 2.05) is 40.6 Å². The fourth-order valence-electron chi connectivity index (χ4n) is 2.41. The van der Waals surface area contributed by atoms with Crippen molar-refractivity contribution in [3.8, 4) is 0 Å². The Bertz CT molecular complexity index is 641. The summed E-state index contributed by atoms with van der Waals surface area (Å²) in [7, 11) is 2.00. The molecule has 1 N–H and O–H groups in total. The summed E-state index contributed by atoms with van der Waals surface area (Å²) in [6, 6.07) is 11.2. The molecule has 110 valence electrons. The number of hydrogen-bond acceptors (Lipinski definition) is 4. The molecule has 0 aliphatic carbocycles. The number of aromatic nitrogens is 2. The lowest BCUT2D eigenvalue weighted by molar-refractivity contribution is 0.536. The normalized spacial score (nSPS) is 12.6. The number of aryl methyl sites for hydroxylation is 1. The van der Waals surface area contributed by atoms with Gasteiger partial charge in [0, 0.05) is 54.1 Å². The van der Waals surface area contributed by atoms with Crippen LogP contribution in [0.1, 0.15) is 21.5 Å². The van der Waals surface area contributed by atoms with Gasteiger partial charge in [-0.2, -0.15) is 5.10 Å². The van der Waals surface area contributed by atoms with Crippen LogP contribution in [0, 0.1) is 0 Å². The van der Waals surface area contributed by atoms with E-state index in [4.69, 9.17) is 0 Å². The second-order valence-electron chi connectivity index (χ2n) is 5.00. The van der Waals surface area contributed by atoms with Crippen LogP contribution < -0.4 is 5.32 Å². The molecule has 3 nitrogen and oxygen atoms in total. The summed E-state index contributed by atoms with van der Waals surface area (Å²) in [6.45, 7) is 0.966. The van der Waals surface area contributed by atoms with Gasteiger partial charge in [0.15, 0.2) is 0 Å². The van der Waals surface area contributed by atoms with Crippen LogP contribution in [0.15, 0.2) is 47.3 Å². The molecular formula is C16H19N3S2. The molecule has 1 atom stereocenters. The predicted octanol–water partition coefficient (Wildman–Crippen LogP) is 3.66. The lowest BCUT2D eigenvalue weighted by atomic mass is 10.1. The van der Waals surface area contributed by atoms with Crippen molar-refractivity contribution >= 4 is 22.7 Å². The quantitative estimate of drug-likeness (QED) is 0.721. The number of nitrogens with zero attached hydrogens (tertiary/aromatic N) is 2. The van der Waals surface area contributed by atoms with Crippen molar-refractivity contribution < 1.29 is 0 Å². The van der Waals surface area contributed by atoms with Crippen LogP contribution >= 0.6 is 22.7 Å². The van der Waals surface area contributed by atoms with Gasteiger partial charge in [-0.25, -0.2) is 0 Å². The molecule has 0 amide bonds. The topological polar surface area (TPSA) is 29.9 Å². The van der Waals surface area contributed by atoms with E-state index in [2.05, 4.69) is 51.5 Å². The zero-order chi connectivity index (χ0) is 14.5. The molecule has 3 aromatic rings. The largest absolute Gasteiger partial charge is 0.309 e. The molecule has 0 bridgehead atoms. The summed E-state index contributed by atoms with van der Waals surface area (Å²) >= 11 is 3.66. The highest BCUT2D eigenvalue weighted by molar-refractivity contribution is 7.10. The second-order valence-corrected chi connectivity index (χ2v) is 7.01. The molecule has 0 radical (unpaired) electrons. The van der Waals surface area contributed by atoms with E-state index in [0.717, 1.165) is 19.4 Å². The maximum absolute atomic E-state index is 4.22. The van der Waals surface area contributed by atoms with Crippen LogP contribution in [0.3, 0.4) is 0 Å².